The van der Waals surface area contributed by atoms with Gasteiger partial charge in [-0.05, 0) is 12.1 Å². The average molecular weight is 389 g/mol. The summed E-state index contributed by atoms with van der Waals surface area (Å²) in [4.78, 5) is 16.8. The van der Waals surface area contributed by atoms with E-state index in [1.54, 1.807) is 16.7 Å². The molecule has 0 saturated heterocycles. The van der Waals surface area contributed by atoms with Crippen molar-refractivity contribution in [3.05, 3.63) is 48.3 Å². The van der Waals surface area contributed by atoms with Crippen molar-refractivity contribution in [2.24, 2.45) is 0 Å². The van der Waals surface area contributed by atoms with E-state index in [4.69, 9.17) is 9.15 Å². The molecule has 4 aromatic rings. The van der Waals surface area contributed by atoms with Crippen molar-refractivity contribution in [1.82, 2.24) is 24.5 Å². The predicted molar refractivity (Wildman–Crippen MR) is 93.1 cm³/mol. The van der Waals surface area contributed by atoms with Crippen LogP contribution in [0.3, 0.4) is 0 Å². The highest BCUT2D eigenvalue weighted by Crippen LogP contribution is 2.33. The fourth-order valence-electron chi connectivity index (χ4n) is 2.74. The molecule has 7 nitrogen and oxygen atoms in total. The van der Waals surface area contributed by atoms with Gasteiger partial charge in [-0.2, -0.15) is 13.2 Å². The van der Waals surface area contributed by atoms with E-state index in [1.807, 2.05) is 6.92 Å². The molecule has 28 heavy (non-hydrogen) atoms. The summed E-state index contributed by atoms with van der Waals surface area (Å²) in [6.07, 6.45) is -0.236. The fourth-order valence-corrected chi connectivity index (χ4v) is 2.74. The number of nitrogens with zero attached hydrogens (tertiary/aromatic N) is 5. The molecule has 4 rings (SSSR count). The van der Waals surface area contributed by atoms with Gasteiger partial charge in [0.05, 0.1) is 24.6 Å². The molecular weight excluding hydrogens is 375 g/mol. The summed E-state index contributed by atoms with van der Waals surface area (Å²) in [7, 11) is 1.49. The van der Waals surface area contributed by atoms with Crippen LogP contribution in [-0.2, 0) is 12.6 Å². The second-order valence-electron chi connectivity index (χ2n) is 5.87. The minimum Gasteiger partial charge on any atom is -0.481 e. The van der Waals surface area contributed by atoms with Crippen LogP contribution < -0.4 is 4.74 Å². The van der Waals surface area contributed by atoms with Gasteiger partial charge in [-0.15, -0.1) is 0 Å². The minimum absolute atomic E-state index is 0.0849. The van der Waals surface area contributed by atoms with E-state index < -0.39 is 11.7 Å². The first-order valence-corrected chi connectivity index (χ1v) is 8.31. The highest BCUT2D eigenvalue weighted by molar-refractivity contribution is 5.79. The van der Waals surface area contributed by atoms with E-state index in [9.17, 15) is 13.2 Å². The number of pyridine rings is 2. The van der Waals surface area contributed by atoms with Gasteiger partial charge in [0, 0.05) is 18.7 Å². The molecule has 0 atom stereocenters. The summed E-state index contributed by atoms with van der Waals surface area (Å²) in [5.74, 6) is 1.19. The van der Waals surface area contributed by atoms with Crippen LogP contribution in [0.15, 0.2) is 41.3 Å². The van der Waals surface area contributed by atoms with Gasteiger partial charge in [-0.3, -0.25) is 4.57 Å². The Morgan fingerprint density at radius 2 is 1.96 bits per heavy atom. The number of rotatable bonds is 4. The monoisotopic (exact) mass is 389 g/mol. The quantitative estimate of drug-likeness (QED) is 0.524. The Kier molecular flexibility index (Phi) is 4.25. The number of aromatic nitrogens is 5. The van der Waals surface area contributed by atoms with Crippen LogP contribution in [0.5, 0.6) is 5.88 Å². The molecule has 10 heteroatoms. The smallest absolute Gasteiger partial charge is 0.417 e. The van der Waals surface area contributed by atoms with Gasteiger partial charge in [0.2, 0.25) is 5.88 Å². The number of fused-ring (bicyclic) bond motifs is 1. The topological polar surface area (TPSA) is 78.9 Å². The van der Waals surface area contributed by atoms with Crippen molar-refractivity contribution in [3.63, 3.8) is 0 Å². The molecule has 0 spiro atoms. The lowest BCUT2D eigenvalue weighted by atomic mass is 10.2. The zero-order chi connectivity index (χ0) is 19.9. The van der Waals surface area contributed by atoms with Crippen LogP contribution in [-0.4, -0.2) is 31.6 Å². The molecule has 0 aliphatic heterocycles. The van der Waals surface area contributed by atoms with Crippen LogP contribution in [0.4, 0.5) is 13.2 Å². The Balaban J connectivity index is 1.96. The molecule has 0 aromatic carbocycles. The third kappa shape index (κ3) is 3.06. The Bertz CT molecular complexity index is 1130. The summed E-state index contributed by atoms with van der Waals surface area (Å²) in [5, 5.41) is 0. The second kappa shape index (κ2) is 6.63. The van der Waals surface area contributed by atoms with Gasteiger partial charge >= 0.3 is 6.18 Å². The van der Waals surface area contributed by atoms with Gasteiger partial charge in [-0.1, -0.05) is 6.92 Å². The maximum atomic E-state index is 13.1. The average Bonchev–Trinajstić information content (AvgIpc) is 3.31. The van der Waals surface area contributed by atoms with Gasteiger partial charge in [0.25, 0.3) is 0 Å². The van der Waals surface area contributed by atoms with Gasteiger partial charge in [0.1, 0.15) is 17.5 Å². The maximum absolute atomic E-state index is 13.1. The first-order valence-electron chi connectivity index (χ1n) is 8.31. The van der Waals surface area contributed by atoms with Crippen molar-refractivity contribution >= 4 is 11.2 Å². The number of halogens is 3. The van der Waals surface area contributed by atoms with Crippen LogP contribution >= 0.6 is 0 Å². The molecule has 4 aromatic heterocycles. The molecule has 144 valence electrons. The van der Waals surface area contributed by atoms with Crippen molar-refractivity contribution in [3.8, 4) is 23.1 Å². The third-order valence-electron chi connectivity index (χ3n) is 4.10. The van der Waals surface area contributed by atoms with Gasteiger partial charge < -0.3 is 9.15 Å². The molecule has 0 fully saturated rings. The molecule has 0 N–H and O–H groups in total. The molecule has 0 unspecified atom stereocenters. The number of methoxy groups -OCH3 is 1. The van der Waals surface area contributed by atoms with E-state index in [1.165, 1.54) is 19.6 Å². The summed E-state index contributed by atoms with van der Waals surface area (Å²) >= 11 is 0. The summed E-state index contributed by atoms with van der Waals surface area (Å²) < 4.78 is 51.2. The predicted octanol–water partition coefficient (Wildman–Crippen LogP) is 4.06. The Labute approximate surface area is 156 Å². The van der Waals surface area contributed by atoms with Crippen LogP contribution in [0.2, 0.25) is 0 Å². The zero-order valence-electron chi connectivity index (χ0n) is 14.9. The molecule has 0 amide bonds. The highest BCUT2D eigenvalue weighted by Gasteiger charge is 2.32. The van der Waals surface area contributed by atoms with Crippen LogP contribution in [0, 0.1) is 0 Å². The lowest BCUT2D eigenvalue weighted by molar-refractivity contribution is -0.137. The van der Waals surface area contributed by atoms with Crippen molar-refractivity contribution < 1.29 is 22.3 Å². The number of imidazole rings is 1. The largest absolute Gasteiger partial charge is 0.481 e. The number of alkyl halides is 3. The molecule has 0 bridgehead atoms. The standard InChI is InChI=1S/C18H14F3N5O2/c1-3-14-24-13(9-28-14)17-25-12-6-10(18(19,20)21)7-23-16(12)26(17)11-4-5-15(27-2)22-8-11/h4-9H,3H2,1-2H3. The number of hydrogen-bond acceptors (Lipinski definition) is 6. The summed E-state index contributed by atoms with van der Waals surface area (Å²) in [6, 6.07) is 4.30. The van der Waals surface area contributed by atoms with E-state index in [-0.39, 0.29) is 11.2 Å². The zero-order valence-corrected chi connectivity index (χ0v) is 14.9. The lowest BCUT2D eigenvalue weighted by Gasteiger charge is -2.08. The first kappa shape index (κ1) is 18.0. The lowest BCUT2D eigenvalue weighted by Crippen LogP contribution is -2.06. The van der Waals surface area contributed by atoms with Crippen molar-refractivity contribution in [2.45, 2.75) is 19.5 Å². The number of ether oxygens (including phenoxy) is 1. The van der Waals surface area contributed by atoms with E-state index in [2.05, 4.69) is 19.9 Å². The molecule has 0 aliphatic carbocycles. The van der Waals surface area contributed by atoms with Gasteiger partial charge in [0.15, 0.2) is 17.4 Å². The third-order valence-corrected chi connectivity index (χ3v) is 4.10. The number of aryl methyl sites for hydroxylation is 1. The van der Waals surface area contributed by atoms with Crippen molar-refractivity contribution in [1.29, 1.82) is 0 Å². The Hall–Kier alpha value is -3.43. The highest BCUT2D eigenvalue weighted by atomic mass is 19.4. The van der Waals surface area contributed by atoms with Crippen molar-refractivity contribution in [2.75, 3.05) is 7.11 Å². The molecule has 0 aliphatic rings. The van der Waals surface area contributed by atoms with Crippen LogP contribution in [0.25, 0.3) is 28.4 Å². The Morgan fingerprint density at radius 3 is 2.57 bits per heavy atom. The van der Waals surface area contributed by atoms with E-state index >= 15 is 0 Å². The van der Waals surface area contributed by atoms with E-state index in [0.29, 0.717) is 35.4 Å². The Morgan fingerprint density at radius 1 is 1.14 bits per heavy atom. The minimum atomic E-state index is -4.52. The number of oxazole rings is 1. The molecule has 0 radical (unpaired) electrons. The number of hydrogen-bond donors (Lipinski definition) is 0. The fraction of sp³-hybridized carbons (Fsp3) is 0.222. The second-order valence-corrected chi connectivity index (χ2v) is 5.87. The summed E-state index contributed by atoms with van der Waals surface area (Å²) in [6.45, 7) is 1.88. The molecular formula is C18H14F3N5O2. The first-order chi connectivity index (χ1) is 13.4. The maximum Gasteiger partial charge on any atom is 0.417 e. The van der Waals surface area contributed by atoms with E-state index in [0.717, 1.165) is 12.3 Å². The normalized spacial score (nSPS) is 11.9. The molecule has 4 heterocycles. The SMILES string of the molecule is CCc1nc(-c2nc3cc(C(F)(F)F)cnc3n2-c2ccc(OC)nc2)co1. The molecule has 0 saturated carbocycles. The van der Waals surface area contributed by atoms with Crippen LogP contribution in [0.1, 0.15) is 18.4 Å². The van der Waals surface area contributed by atoms with Gasteiger partial charge in [-0.25, -0.2) is 19.9 Å². The summed E-state index contributed by atoms with van der Waals surface area (Å²) in [5.41, 5.74) is 0.391.